The molecule has 10 aromatic rings. The first-order valence-corrected chi connectivity index (χ1v) is 19.3. The summed E-state index contributed by atoms with van der Waals surface area (Å²) in [5.41, 5.74) is 9.86. The van der Waals surface area contributed by atoms with Crippen molar-refractivity contribution in [2.24, 2.45) is 4.99 Å². The second-order valence-corrected chi connectivity index (χ2v) is 14.5. The zero-order valence-corrected chi connectivity index (χ0v) is 31.3. The maximum atomic E-state index is 6.43. The normalized spacial score (nSPS) is 12.4. The van der Waals surface area contributed by atoms with Crippen molar-refractivity contribution in [3.05, 3.63) is 224 Å². The molecule has 10 rings (SSSR count). The first-order chi connectivity index (χ1) is 28.1. The van der Waals surface area contributed by atoms with Gasteiger partial charge in [0.1, 0.15) is 17.0 Å². The molecule has 0 aliphatic rings. The molecule has 9 aromatic carbocycles. The molecule has 0 bridgehead atoms. The number of nitrogens with zero attached hydrogens (tertiary/aromatic N) is 1. The summed E-state index contributed by atoms with van der Waals surface area (Å²) >= 11 is 0. The van der Waals surface area contributed by atoms with Crippen LogP contribution in [-0.4, -0.2) is 5.84 Å². The second-order valence-electron chi connectivity index (χ2n) is 14.5. The van der Waals surface area contributed by atoms with Crippen molar-refractivity contribution in [2.75, 3.05) is 0 Å². The van der Waals surface area contributed by atoms with Crippen LogP contribution in [-0.2, 0) is 0 Å². The van der Waals surface area contributed by atoms with E-state index in [2.05, 4.69) is 194 Å². The lowest BCUT2D eigenvalue weighted by atomic mass is 9.96. The van der Waals surface area contributed by atoms with Crippen molar-refractivity contribution in [3.8, 4) is 22.3 Å². The van der Waals surface area contributed by atoms with Gasteiger partial charge in [-0.25, -0.2) is 4.99 Å². The fraction of sp³-hybridized carbons (Fsp3) is 0.0185. The first kappa shape index (κ1) is 34.0. The van der Waals surface area contributed by atoms with E-state index in [9.17, 15) is 0 Å². The van der Waals surface area contributed by atoms with E-state index < -0.39 is 0 Å². The highest BCUT2D eigenvalue weighted by Gasteiger charge is 2.18. The molecule has 1 N–H and O–H groups in total. The fourth-order valence-electron chi connectivity index (χ4n) is 8.10. The summed E-state index contributed by atoms with van der Waals surface area (Å²) in [5.74, 6) is 0.704. The highest BCUT2D eigenvalue weighted by Crippen LogP contribution is 2.38. The largest absolute Gasteiger partial charge is 0.456 e. The van der Waals surface area contributed by atoms with Crippen molar-refractivity contribution >= 4 is 65.8 Å². The van der Waals surface area contributed by atoms with E-state index in [1.165, 1.54) is 38.1 Å². The Morgan fingerprint density at radius 1 is 0.526 bits per heavy atom. The Morgan fingerprint density at radius 3 is 1.95 bits per heavy atom. The number of nitrogens with one attached hydrogen (secondary N) is 1. The molecule has 0 spiro atoms. The molecule has 57 heavy (non-hydrogen) atoms. The summed E-state index contributed by atoms with van der Waals surface area (Å²) in [6, 6.07) is 65.9. The van der Waals surface area contributed by atoms with Gasteiger partial charge in [0, 0.05) is 21.9 Å². The summed E-state index contributed by atoms with van der Waals surface area (Å²) in [6.07, 6.45) is 1.94. The van der Waals surface area contributed by atoms with Crippen LogP contribution in [0.5, 0.6) is 0 Å². The molecule has 0 saturated carbocycles. The minimum Gasteiger partial charge on any atom is -0.456 e. The van der Waals surface area contributed by atoms with Gasteiger partial charge in [-0.3, -0.25) is 0 Å². The van der Waals surface area contributed by atoms with E-state index in [1.54, 1.807) is 0 Å². The number of hydrogen-bond acceptors (Lipinski definition) is 2. The Hall–Kier alpha value is -7.49. The number of rotatable bonds is 8. The lowest BCUT2D eigenvalue weighted by Gasteiger charge is -2.20. The van der Waals surface area contributed by atoms with Crippen molar-refractivity contribution in [3.63, 3.8) is 0 Å². The van der Waals surface area contributed by atoms with E-state index in [0.717, 1.165) is 55.1 Å². The lowest BCUT2D eigenvalue weighted by Crippen LogP contribution is -2.28. The van der Waals surface area contributed by atoms with Gasteiger partial charge in [-0.05, 0) is 90.5 Å². The summed E-state index contributed by atoms with van der Waals surface area (Å²) in [4.78, 5) is 5.31. The van der Waals surface area contributed by atoms with Gasteiger partial charge < -0.3 is 9.73 Å². The Kier molecular flexibility index (Phi) is 8.54. The van der Waals surface area contributed by atoms with Crippen LogP contribution in [0.15, 0.2) is 217 Å². The molecule has 270 valence electrons. The summed E-state index contributed by atoms with van der Waals surface area (Å²) in [7, 11) is 0. The van der Waals surface area contributed by atoms with Crippen molar-refractivity contribution in [2.45, 2.75) is 6.04 Å². The van der Waals surface area contributed by atoms with E-state index in [-0.39, 0.29) is 6.04 Å². The van der Waals surface area contributed by atoms with Gasteiger partial charge >= 0.3 is 0 Å². The van der Waals surface area contributed by atoms with E-state index in [1.807, 2.05) is 18.2 Å². The second kappa shape index (κ2) is 14.3. The van der Waals surface area contributed by atoms with Crippen LogP contribution in [0.25, 0.3) is 82.2 Å². The molecule has 3 nitrogen and oxygen atoms in total. The monoisotopic (exact) mass is 730 g/mol. The zero-order valence-electron chi connectivity index (χ0n) is 31.3. The Balaban J connectivity index is 1.04. The van der Waals surface area contributed by atoms with Gasteiger partial charge in [0.15, 0.2) is 0 Å². The molecule has 0 fully saturated rings. The zero-order chi connectivity index (χ0) is 38.3. The average Bonchev–Trinajstić information content (AvgIpc) is 3.65. The highest BCUT2D eigenvalue weighted by molar-refractivity contribution is 6.13. The molecular weight excluding hydrogens is 693 g/mol. The Morgan fingerprint density at radius 2 is 1.16 bits per heavy atom. The summed E-state index contributed by atoms with van der Waals surface area (Å²) in [6.45, 7) is 8.84. The van der Waals surface area contributed by atoms with Gasteiger partial charge in [-0.2, -0.15) is 0 Å². The Bertz CT molecular complexity index is 3200. The van der Waals surface area contributed by atoms with Crippen LogP contribution in [0.4, 0.5) is 0 Å². The van der Waals surface area contributed by atoms with Crippen molar-refractivity contribution in [1.29, 1.82) is 0 Å². The predicted molar refractivity (Wildman–Crippen MR) is 242 cm³/mol. The molecule has 1 atom stereocenters. The quantitative estimate of drug-likeness (QED) is 0.0960. The molecule has 1 unspecified atom stereocenters. The van der Waals surface area contributed by atoms with Crippen LogP contribution in [0, 0.1) is 0 Å². The standard InChI is InChI=1S/C54H38N2O/c1-3-50(40-26-24-39(25-27-40)48-20-10-17-38-14-8-9-18-47(38)48)56-54(45-29-23-37-13-5-7-16-42(37)33-45)55-35(2)46-19-11-21-52-53(46)49-34-44(30-31-51(49)57-52)43-28-22-36-12-4-6-15-41(36)32-43/h3-34,50H,1-2H2,(H,55,56). The molecule has 3 heteroatoms. The van der Waals surface area contributed by atoms with Crippen LogP contribution >= 0.6 is 0 Å². The third-order valence-electron chi connectivity index (χ3n) is 11.1. The smallest absolute Gasteiger partial charge is 0.136 e. The number of hydrogen-bond donors (Lipinski definition) is 1. The maximum Gasteiger partial charge on any atom is 0.136 e. The van der Waals surface area contributed by atoms with Crippen LogP contribution in [0.2, 0.25) is 0 Å². The molecule has 0 aliphatic heterocycles. The summed E-state index contributed by atoms with van der Waals surface area (Å²) < 4.78 is 6.43. The first-order valence-electron chi connectivity index (χ1n) is 19.3. The van der Waals surface area contributed by atoms with E-state index >= 15 is 0 Å². The molecule has 1 aromatic heterocycles. The third-order valence-corrected chi connectivity index (χ3v) is 11.1. The number of fused-ring (bicyclic) bond motifs is 6. The molecule has 1 heterocycles. The van der Waals surface area contributed by atoms with E-state index in [4.69, 9.17) is 9.41 Å². The van der Waals surface area contributed by atoms with Gasteiger partial charge in [0.05, 0.1) is 11.7 Å². The van der Waals surface area contributed by atoms with Crippen LogP contribution < -0.4 is 5.32 Å². The highest BCUT2D eigenvalue weighted by atomic mass is 16.3. The van der Waals surface area contributed by atoms with Gasteiger partial charge in [0.2, 0.25) is 0 Å². The van der Waals surface area contributed by atoms with Crippen LogP contribution in [0.1, 0.15) is 22.7 Å². The number of amidine groups is 1. The average molecular weight is 731 g/mol. The van der Waals surface area contributed by atoms with Crippen LogP contribution in [0.3, 0.4) is 0 Å². The van der Waals surface area contributed by atoms with Gasteiger partial charge in [-0.1, -0.05) is 170 Å². The molecular formula is C54H38N2O. The molecule has 0 aliphatic carbocycles. The lowest BCUT2D eigenvalue weighted by molar-refractivity contribution is 0.669. The topological polar surface area (TPSA) is 37.5 Å². The van der Waals surface area contributed by atoms with Crippen molar-refractivity contribution in [1.82, 2.24) is 5.32 Å². The van der Waals surface area contributed by atoms with E-state index in [0.29, 0.717) is 11.5 Å². The fourth-order valence-corrected chi connectivity index (χ4v) is 8.10. The Labute approximate surface area is 331 Å². The van der Waals surface area contributed by atoms with Gasteiger partial charge in [-0.15, -0.1) is 6.58 Å². The third kappa shape index (κ3) is 6.35. The predicted octanol–water partition coefficient (Wildman–Crippen LogP) is 14.3. The molecule has 0 saturated heterocycles. The minimum absolute atomic E-state index is 0.223. The molecule has 0 radical (unpaired) electrons. The number of furan rings is 1. The SMILES string of the molecule is C=CC(N/C(=N\C(=C)c1cccc2oc3ccc(-c4ccc5ccccc5c4)cc3c12)c1ccc2ccccc2c1)c1ccc(-c2cccc3ccccc23)cc1. The van der Waals surface area contributed by atoms with Gasteiger partial charge in [0.25, 0.3) is 0 Å². The summed E-state index contributed by atoms with van der Waals surface area (Å²) in [5, 5.41) is 13.0. The number of aliphatic imine (C=N–C) groups is 1. The maximum absolute atomic E-state index is 6.43. The minimum atomic E-state index is -0.223. The number of benzene rings is 9. The molecule has 0 amide bonds. The van der Waals surface area contributed by atoms with Crippen molar-refractivity contribution < 1.29 is 4.42 Å².